The van der Waals surface area contributed by atoms with E-state index >= 15 is 0 Å². The van der Waals surface area contributed by atoms with Crippen LogP contribution in [0.2, 0.25) is 5.15 Å². The van der Waals surface area contributed by atoms with Crippen molar-refractivity contribution in [3.63, 3.8) is 0 Å². The lowest BCUT2D eigenvalue weighted by Gasteiger charge is -2.22. The third kappa shape index (κ3) is 4.29. The van der Waals surface area contributed by atoms with Gasteiger partial charge in [-0.1, -0.05) is 42.2 Å². The van der Waals surface area contributed by atoms with Gasteiger partial charge in [-0.25, -0.2) is 19.6 Å². The molecule has 1 fully saturated rings. The molecule has 0 aromatic carbocycles. The number of pyridine rings is 1. The molecule has 168 valence electrons. The fourth-order valence-electron chi connectivity index (χ4n) is 3.97. The van der Waals surface area contributed by atoms with Gasteiger partial charge >= 0.3 is 5.00 Å². The van der Waals surface area contributed by atoms with Crippen molar-refractivity contribution in [2.75, 3.05) is 5.32 Å². The Balaban J connectivity index is 1.58. The lowest BCUT2D eigenvalue weighted by molar-refractivity contribution is -0.380. The number of nitrogens with zero attached hydrogens (tertiary/aromatic N) is 6. The topological polar surface area (TPSA) is 129 Å². The Morgan fingerprint density at radius 2 is 1.97 bits per heavy atom. The maximum atomic E-state index is 12.9. The van der Waals surface area contributed by atoms with Gasteiger partial charge in [0.05, 0.1) is 27.4 Å². The van der Waals surface area contributed by atoms with E-state index < -0.39 is 10.8 Å². The van der Waals surface area contributed by atoms with E-state index in [1.807, 2.05) is 4.68 Å². The molecular weight excluding hydrogens is 466 g/mol. The third-order valence-electron chi connectivity index (χ3n) is 5.59. The summed E-state index contributed by atoms with van der Waals surface area (Å²) < 4.78 is 1.91. The Kier molecular flexibility index (Phi) is 5.73. The number of carbonyl (C=O) groups is 1. The number of nitro groups is 1. The largest absolute Gasteiger partial charge is 0.324 e. The summed E-state index contributed by atoms with van der Waals surface area (Å²) in [6.45, 7) is 0. The predicted octanol–water partition coefficient (Wildman–Crippen LogP) is 5.27. The monoisotopic (exact) mass is 483 g/mol. The molecule has 1 aliphatic carbocycles. The van der Waals surface area contributed by atoms with Gasteiger partial charge in [-0.3, -0.25) is 14.9 Å². The third-order valence-corrected chi connectivity index (χ3v) is 6.85. The first-order chi connectivity index (χ1) is 16.0. The van der Waals surface area contributed by atoms with Crippen LogP contribution in [-0.4, -0.2) is 35.6 Å². The van der Waals surface area contributed by atoms with Gasteiger partial charge in [0.25, 0.3) is 5.91 Å². The van der Waals surface area contributed by atoms with E-state index in [4.69, 9.17) is 16.6 Å². The first kappa shape index (κ1) is 21.4. The summed E-state index contributed by atoms with van der Waals surface area (Å²) in [6.07, 6.45) is 8.72. The molecule has 4 heterocycles. The van der Waals surface area contributed by atoms with Crippen LogP contribution < -0.4 is 5.32 Å². The van der Waals surface area contributed by atoms with Gasteiger partial charge in [-0.2, -0.15) is 5.10 Å². The smallest absolute Gasteiger partial charge is 0.305 e. The molecule has 1 aliphatic rings. The first-order valence-corrected chi connectivity index (χ1v) is 11.6. The second-order valence-corrected chi connectivity index (χ2v) is 9.18. The number of hydrogen-bond donors (Lipinski definition) is 1. The molecule has 1 amide bonds. The summed E-state index contributed by atoms with van der Waals surface area (Å²) >= 11 is 6.73. The van der Waals surface area contributed by atoms with Crippen LogP contribution in [0.15, 0.2) is 36.7 Å². The second kappa shape index (κ2) is 8.83. The number of halogens is 1. The number of amides is 1. The van der Waals surface area contributed by atoms with E-state index in [1.165, 1.54) is 18.6 Å². The van der Waals surface area contributed by atoms with E-state index in [2.05, 4.69) is 20.4 Å². The highest BCUT2D eigenvalue weighted by Gasteiger charge is 2.23. The van der Waals surface area contributed by atoms with Crippen molar-refractivity contribution in [1.82, 2.24) is 24.7 Å². The molecule has 0 atom stereocenters. The second-order valence-electron chi connectivity index (χ2n) is 7.73. The highest BCUT2D eigenvalue weighted by atomic mass is 35.5. The van der Waals surface area contributed by atoms with Gasteiger partial charge in [0, 0.05) is 17.8 Å². The minimum atomic E-state index is -0.524. The molecule has 0 unspecified atom stereocenters. The van der Waals surface area contributed by atoms with Gasteiger partial charge in [-0.15, -0.1) is 0 Å². The lowest BCUT2D eigenvalue weighted by atomic mass is 9.96. The normalized spacial score (nSPS) is 14.5. The van der Waals surface area contributed by atoms with Crippen molar-refractivity contribution in [2.24, 2.45) is 0 Å². The van der Waals surface area contributed by atoms with Gasteiger partial charge in [0.1, 0.15) is 11.0 Å². The summed E-state index contributed by atoms with van der Waals surface area (Å²) in [5.41, 5.74) is 1.26. The number of aromatic nitrogens is 5. The highest BCUT2D eigenvalue weighted by Crippen LogP contribution is 2.33. The van der Waals surface area contributed by atoms with Crippen LogP contribution in [0.4, 0.5) is 10.8 Å². The lowest BCUT2D eigenvalue weighted by Crippen LogP contribution is -2.15. The van der Waals surface area contributed by atoms with E-state index in [9.17, 15) is 14.9 Å². The summed E-state index contributed by atoms with van der Waals surface area (Å²) in [4.78, 5) is 36.9. The van der Waals surface area contributed by atoms with Crippen molar-refractivity contribution in [1.29, 1.82) is 0 Å². The Bertz CT molecular complexity index is 1350. The maximum absolute atomic E-state index is 12.9. The number of nitrogens with one attached hydrogen (secondary N) is 1. The summed E-state index contributed by atoms with van der Waals surface area (Å²) in [5.74, 6) is 0.170. The molecule has 0 bridgehead atoms. The van der Waals surface area contributed by atoms with Gasteiger partial charge in [0.15, 0.2) is 11.5 Å². The molecule has 33 heavy (non-hydrogen) atoms. The summed E-state index contributed by atoms with van der Waals surface area (Å²) in [6, 6.07) is 6.36. The molecular formula is C21H18ClN7O3S. The zero-order valence-electron chi connectivity index (χ0n) is 17.3. The van der Waals surface area contributed by atoms with E-state index in [0.717, 1.165) is 37.0 Å². The van der Waals surface area contributed by atoms with Crippen LogP contribution in [0.5, 0.6) is 0 Å². The van der Waals surface area contributed by atoms with Crippen molar-refractivity contribution in [2.45, 2.75) is 38.1 Å². The summed E-state index contributed by atoms with van der Waals surface area (Å²) in [7, 11) is 0. The minimum absolute atomic E-state index is 0.106. The number of anilines is 1. The predicted molar refractivity (Wildman–Crippen MR) is 125 cm³/mol. The number of carbonyl (C=O) groups excluding carboxylic acids is 1. The highest BCUT2D eigenvalue weighted by molar-refractivity contribution is 7.17. The molecule has 4 aromatic heterocycles. The molecule has 4 aromatic rings. The molecule has 10 nitrogen and oxygen atoms in total. The van der Waals surface area contributed by atoms with Crippen LogP contribution in [-0.2, 0) is 0 Å². The number of rotatable bonds is 5. The van der Waals surface area contributed by atoms with Crippen LogP contribution in [0.1, 0.15) is 47.8 Å². The number of fused-ring (bicyclic) bond motifs is 1. The Hall–Kier alpha value is -3.44. The molecule has 0 aliphatic heterocycles. The maximum Gasteiger partial charge on any atom is 0.324 e. The molecule has 1 saturated carbocycles. The first-order valence-electron chi connectivity index (χ1n) is 10.4. The van der Waals surface area contributed by atoms with Gasteiger partial charge in [0.2, 0.25) is 0 Å². The molecule has 1 N–H and O–H groups in total. The van der Waals surface area contributed by atoms with Gasteiger partial charge < -0.3 is 5.32 Å². The van der Waals surface area contributed by atoms with E-state index in [0.29, 0.717) is 27.6 Å². The van der Waals surface area contributed by atoms with Crippen molar-refractivity contribution in [3.8, 4) is 11.4 Å². The van der Waals surface area contributed by atoms with E-state index in [1.54, 1.807) is 24.5 Å². The van der Waals surface area contributed by atoms with E-state index in [-0.39, 0.29) is 21.7 Å². The molecule has 0 spiro atoms. The van der Waals surface area contributed by atoms with Crippen LogP contribution in [0.25, 0.3) is 22.4 Å². The SMILES string of the molecule is O=C(Nc1nc(-c2ccc(Cl)nc2)nc2c1cnn2C1CCCCC1)c1ccc([N+](=O)[O-])s1. The number of thiophene rings is 1. The Labute approximate surface area is 196 Å². The standard InChI is InChI=1S/C21H18ClN7O3S/c22-16-8-6-12(10-23-16)18-25-19(27-21(30)15-7-9-17(33-15)29(31)32)14-11-24-28(20(14)26-18)13-4-2-1-3-5-13/h6-11,13H,1-5H2,(H,25,26,27,30). The zero-order chi connectivity index (χ0) is 22.9. The average Bonchev–Trinajstić information content (AvgIpc) is 3.48. The molecule has 12 heteroatoms. The van der Waals surface area contributed by atoms with Crippen molar-refractivity contribution < 1.29 is 9.72 Å². The molecule has 0 saturated heterocycles. The number of hydrogen-bond acceptors (Lipinski definition) is 8. The van der Waals surface area contributed by atoms with Crippen LogP contribution >= 0.6 is 22.9 Å². The Morgan fingerprint density at radius 3 is 2.67 bits per heavy atom. The average molecular weight is 484 g/mol. The fourth-order valence-corrected chi connectivity index (χ4v) is 4.80. The quantitative estimate of drug-likeness (QED) is 0.232. The van der Waals surface area contributed by atoms with Crippen molar-refractivity contribution in [3.05, 3.63) is 56.8 Å². The zero-order valence-corrected chi connectivity index (χ0v) is 18.8. The summed E-state index contributed by atoms with van der Waals surface area (Å²) in [5, 5.41) is 19.2. The van der Waals surface area contributed by atoms with Crippen molar-refractivity contribution >= 4 is 50.7 Å². The fraction of sp³-hybridized carbons (Fsp3) is 0.286. The van der Waals surface area contributed by atoms with Crippen LogP contribution in [0, 0.1) is 10.1 Å². The molecule has 0 radical (unpaired) electrons. The Morgan fingerprint density at radius 1 is 1.15 bits per heavy atom. The minimum Gasteiger partial charge on any atom is -0.305 e. The van der Waals surface area contributed by atoms with Gasteiger partial charge in [-0.05, 0) is 31.0 Å². The molecule has 5 rings (SSSR count). The van der Waals surface area contributed by atoms with Crippen LogP contribution in [0.3, 0.4) is 0 Å².